The van der Waals surface area contributed by atoms with Gasteiger partial charge in [-0.3, -0.25) is 4.79 Å². The predicted molar refractivity (Wildman–Crippen MR) is 171 cm³/mol. The summed E-state index contributed by atoms with van der Waals surface area (Å²) >= 11 is 0. The molecule has 4 bridgehead atoms. The molecule has 1 atom stereocenters. The molecule has 2 fully saturated rings. The molecular formula is C34H43N5O4S. The lowest BCUT2D eigenvalue weighted by Gasteiger charge is -2.47. The molecule has 0 radical (unpaired) electrons. The van der Waals surface area contributed by atoms with Crippen LogP contribution in [0.25, 0.3) is 11.3 Å². The van der Waals surface area contributed by atoms with Crippen molar-refractivity contribution in [3.05, 3.63) is 64.7 Å². The van der Waals surface area contributed by atoms with E-state index >= 15 is 0 Å². The Kier molecular flexibility index (Phi) is 7.94. The number of anilines is 1. The minimum absolute atomic E-state index is 0.00714. The van der Waals surface area contributed by atoms with Gasteiger partial charge in [-0.05, 0) is 101 Å². The maximum Gasteiger partial charge on any atom is 0.264 e. The smallest absolute Gasteiger partial charge is 0.264 e. The third-order valence-corrected chi connectivity index (χ3v) is 10.6. The van der Waals surface area contributed by atoms with E-state index in [0.717, 1.165) is 41.5 Å². The number of fused-ring (bicyclic) bond motifs is 4. The molecule has 1 spiro atoms. The molecule has 234 valence electrons. The number of benzene rings is 2. The first kappa shape index (κ1) is 30.5. The molecule has 10 heteroatoms. The van der Waals surface area contributed by atoms with Crippen molar-refractivity contribution in [1.82, 2.24) is 19.8 Å². The zero-order valence-corrected chi connectivity index (χ0v) is 27.4. The van der Waals surface area contributed by atoms with Crippen LogP contribution < -0.4 is 9.46 Å². The summed E-state index contributed by atoms with van der Waals surface area (Å²) in [5.74, 6) is 0.412. The molecule has 3 aliphatic rings. The third kappa shape index (κ3) is 5.94. The number of hydrogen-bond acceptors (Lipinski definition) is 7. The molecule has 1 aliphatic heterocycles. The molecule has 3 aromatic rings. The van der Waals surface area contributed by atoms with E-state index in [1.54, 1.807) is 12.1 Å². The van der Waals surface area contributed by atoms with Crippen LogP contribution in [0, 0.1) is 25.2 Å². The van der Waals surface area contributed by atoms with E-state index in [-0.39, 0.29) is 35.4 Å². The van der Waals surface area contributed by atoms with Crippen molar-refractivity contribution in [2.24, 2.45) is 11.3 Å². The number of sulfonamides is 1. The Morgan fingerprint density at radius 1 is 1.07 bits per heavy atom. The quantitative estimate of drug-likeness (QED) is 0.372. The van der Waals surface area contributed by atoms with Crippen LogP contribution in [0.1, 0.15) is 73.0 Å². The third-order valence-electron chi connectivity index (χ3n) is 9.25. The number of rotatable bonds is 6. The number of ether oxygens (including phenoxy) is 1. The highest BCUT2D eigenvalue weighted by Crippen LogP contribution is 2.62. The predicted octanol–water partition coefficient (Wildman–Crippen LogP) is 5.81. The molecule has 6 rings (SSSR count). The molecule has 2 heterocycles. The fraction of sp³-hybridized carbons (Fsp3) is 0.500. The summed E-state index contributed by atoms with van der Waals surface area (Å²) in [6, 6.07) is 12.2. The van der Waals surface area contributed by atoms with Crippen molar-refractivity contribution in [2.75, 3.05) is 25.4 Å². The Morgan fingerprint density at radius 2 is 1.75 bits per heavy atom. The Bertz CT molecular complexity index is 1670. The van der Waals surface area contributed by atoms with Crippen molar-refractivity contribution in [3.8, 4) is 17.1 Å². The lowest BCUT2D eigenvalue weighted by molar-refractivity contribution is 0.00906. The van der Waals surface area contributed by atoms with E-state index in [1.807, 2.05) is 55.9 Å². The van der Waals surface area contributed by atoms with Crippen LogP contribution in [-0.4, -0.2) is 66.9 Å². The van der Waals surface area contributed by atoms with Gasteiger partial charge < -0.3 is 14.5 Å². The van der Waals surface area contributed by atoms with Gasteiger partial charge in [0.2, 0.25) is 11.8 Å². The molecule has 9 nitrogen and oxygen atoms in total. The average Bonchev–Trinajstić information content (AvgIpc) is 3.73. The second-order valence-corrected chi connectivity index (χ2v) is 15.4. The topological polar surface area (TPSA) is 105 Å². The summed E-state index contributed by atoms with van der Waals surface area (Å²) in [7, 11) is -0.182. The van der Waals surface area contributed by atoms with E-state index in [9.17, 15) is 13.2 Å². The van der Waals surface area contributed by atoms with E-state index in [0.29, 0.717) is 35.0 Å². The van der Waals surface area contributed by atoms with Gasteiger partial charge in [0.25, 0.3) is 15.9 Å². The number of nitrogens with zero attached hydrogens (tertiary/aromatic N) is 4. The molecule has 0 unspecified atom stereocenters. The highest BCUT2D eigenvalue weighted by Gasteiger charge is 2.56. The van der Waals surface area contributed by atoms with Gasteiger partial charge in [0.05, 0.1) is 22.2 Å². The van der Waals surface area contributed by atoms with Crippen LogP contribution in [-0.2, 0) is 16.6 Å². The molecule has 1 N–H and O–H groups in total. The van der Waals surface area contributed by atoms with Crippen molar-refractivity contribution in [3.63, 3.8) is 0 Å². The van der Waals surface area contributed by atoms with Crippen LogP contribution in [0.4, 0.5) is 5.95 Å². The molecule has 2 aromatic carbocycles. The summed E-state index contributed by atoms with van der Waals surface area (Å²) in [6.45, 7) is 9.08. The largest absolute Gasteiger partial charge is 0.475 e. The van der Waals surface area contributed by atoms with Crippen LogP contribution in [0.2, 0.25) is 0 Å². The lowest BCUT2D eigenvalue weighted by Crippen LogP contribution is -2.55. The molecule has 0 saturated heterocycles. The Labute approximate surface area is 261 Å². The maximum atomic E-state index is 14.3. The number of carbonyl (C=O) groups is 1. The molecule has 1 amide bonds. The minimum Gasteiger partial charge on any atom is -0.475 e. The lowest BCUT2D eigenvalue weighted by atomic mass is 9.75. The Balaban J connectivity index is 1.54. The number of hydrogen-bond donors (Lipinski definition) is 1. The summed E-state index contributed by atoms with van der Waals surface area (Å²) in [5.41, 5.74) is 5.09. The van der Waals surface area contributed by atoms with Crippen LogP contribution >= 0.6 is 0 Å². The second kappa shape index (κ2) is 11.5. The highest BCUT2D eigenvalue weighted by molar-refractivity contribution is 7.92. The molecule has 2 aliphatic carbocycles. The minimum atomic E-state index is -4.12. The van der Waals surface area contributed by atoms with Gasteiger partial charge in [-0.1, -0.05) is 38.1 Å². The molecule has 44 heavy (non-hydrogen) atoms. The van der Waals surface area contributed by atoms with Gasteiger partial charge in [0.15, 0.2) is 0 Å². The van der Waals surface area contributed by atoms with Gasteiger partial charge in [-0.15, -0.1) is 0 Å². The van der Waals surface area contributed by atoms with Crippen LogP contribution in [0.5, 0.6) is 5.88 Å². The highest BCUT2D eigenvalue weighted by atomic mass is 32.2. The first-order chi connectivity index (χ1) is 20.9. The van der Waals surface area contributed by atoms with Crippen molar-refractivity contribution < 1.29 is 17.9 Å². The Hall–Kier alpha value is -3.50. The SMILES string of the molecule is Cc1cccc(C)c1-c1nc2nc(c1CN(C)C)OC[C@@H](CC(C)C)N(C1CC3(CC3)C1)C(=O)c1cccc(c1)S(=O)(=O)N2. The Morgan fingerprint density at radius 3 is 2.39 bits per heavy atom. The molecule has 2 saturated carbocycles. The van der Waals surface area contributed by atoms with Crippen LogP contribution in [0.15, 0.2) is 47.4 Å². The standard InChI is InChI=1S/C34H43N5O4S/c1-21(2)15-25-20-43-31-28(19-38(5)6)30(29-22(3)9-7-10-23(29)4)35-33(36-31)37-44(41,42)27-12-8-11-24(16-27)32(40)39(25)26-17-34(18-26)13-14-34/h7-12,16,21,25-26H,13-15,17-20H2,1-6H3,(H,35,36,37)/t25-/m1/s1. The van der Waals surface area contributed by atoms with Crippen molar-refractivity contribution in [2.45, 2.75) is 83.3 Å². The van der Waals surface area contributed by atoms with Crippen molar-refractivity contribution in [1.29, 1.82) is 0 Å². The summed E-state index contributed by atoms with van der Waals surface area (Å²) in [6.07, 6.45) is 5.14. The van der Waals surface area contributed by atoms with E-state index in [1.165, 1.54) is 25.0 Å². The normalized spacial score (nSPS) is 20.8. The molecule has 1 aromatic heterocycles. The van der Waals surface area contributed by atoms with Crippen molar-refractivity contribution >= 4 is 21.9 Å². The summed E-state index contributed by atoms with van der Waals surface area (Å²) < 4.78 is 36.7. The van der Waals surface area contributed by atoms with Crippen LogP contribution in [0.3, 0.4) is 0 Å². The van der Waals surface area contributed by atoms with E-state index in [4.69, 9.17) is 9.72 Å². The number of amides is 1. The molecular weight excluding hydrogens is 574 g/mol. The van der Waals surface area contributed by atoms with Gasteiger partial charge >= 0.3 is 0 Å². The second-order valence-electron chi connectivity index (χ2n) is 13.7. The first-order valence-corrected chi connectivity index (χ1v) is 17.0. The number of carbonyl (C=O) groups excluding carboxylic acids is 1. The fourth-order valence-electron chi connectivity index (χ4n) is 6.94. The maximum absolute atomic E-state index is 14.3. The number of aromatic nitrogens is 2. The van der Waals surface area contributed by atoms with E-state index in [2.05, 4.69) is 23.6 Å². The van der Waals surface area contributed by atoms with Gasteiger partial charge in [-0.25, -0.2) is 18.1 Å². The fourth-order valence-corrected chi connectivity index (χ4v) is 7.93. The number of nitrogens with one attached hydrogen (secondary N) is 1. The van der Waals surface area contributed by atoms with Gasteiger partial charge in [0.1, 0.15) is 6.61 Å². The monoisotopic (exact) mass is 617 g/mol. The first-order valence-electron chi connectivity index (χ1n) is 15.6. The van der Waals surface area contributed by atoms with E-state index < -0.39 is 10.0 Å². The zero-order valence-electron chi connectivity index (χ0n) is 26.6. The number of aryl methyl sites for hydroxylation is 2. The van der Waals surface area contributed by atoms with Gasteiger partial charge in [0, 0.05) is 23.7 Å². The summed E-state index contributed by atoms with van der Waals surface area (Å²) in [5, 5.41) is 0. The zero-order chi connectivity index (χ0) is 31.4. The summed E-state index contributed by atoms with van der Waals surface area (Å²) in [4.78, 5) is 27.8. The average molecular weight is 618 g/mol. The van der Waals surface area contributed by atoms with Gasteiger partial charge in [-0.2, -0.15) is 4.98 Å².